The number of methoxy groups -OCH3 is 1. The number of carbonyl (C=O) groups excluding carboxylic acids is 2. The highest BCUT2D eigenvalue weighted by molar-refractivity contribution is 6.33. The molecule has 0 bridgehead atoms. The van der Waals surface area contributed by atoms with Crippen molar-refractivity contribution in [2.24, 2.45) is 5.92 Å². The van der Waals surface area contributed by atoms with Gasteiger partial charge in [0.25, 0.3) is 0 Å². The maximum atomic E-state index is 12.6. The van der Waals surface area contributed by atoms with Crippen LogP contribution in [0.15, 0.2) is 36.4 Å². The molecule has 2 amide bonds. The van der Waals surface area contributed by atoms with Gasteiger partial charge in [0.15, 0.2) is 0 Å². The van der Waals surface area contributed by atoms with Crippen molar-refractivity contribution in [1.82, 2.24) is 0 Å². The van der Waals surface area contributed by atoms with E-state index in [1.54, 1.807) is 41.3 Å². The van der Waals surface area contributed by atoms with E-state index in [1.165, 1.54) is 7.11 Å². The molecule has 2 aromatic rings. The molecule has 2 aromatic carbocycles. The van der Waals surface area contributed by atoms with Crippen molar-refractivity contribution >= 4 is 46.4 Å². The third-order valence-corrected chi connectivity index (χ3v) is 5.12. The van der Waals surface area contributed by atoms with Gasteiger partial charge in [-0.3, -0.25) is 9.59 Å². The molecule has 0 radical (unpaired) electrons. The van der Waals surface area contributed by atoms with Crippen molar-refractivity contribution in [2.45, 2.75) is 13.3 Å². The third-order valence-electron chi connectivity index (χ3n) is 4.38. The second-order valence-corrected chi connectivity index (χ2v) is 6.96. The van der Waals surface area contributed by atoms with Gasteiger partial charge >= 0.3 is 0 Å². The molecule has 0 saturated carbocycles. The summed E-state index contributed by atoms with van der Waals surface area (Å²) < 4.78 is 5.35. The highest BCUT2D eigenvalue weighted by atomic mass is 35.5. The van der Waals surface area contributed by atoms with E-state index < -0.39 is 5.92 Å². The molecule has 1 saturated heterocycles. The van der Waals surface area contributed by atoms with Crippen LogP contribution in [0.5, 0.6) is 5.75 Å². The molecule has 1 N–H and O–H groups in total. The van der Waals surface area contributed by atoms with Gasteiger partial charge in [0.2, 0.25) is 11.8 Å². The first-order valence-electron chi connectivity index (χ1n) is 8.10. The summed E-state index contributed by atoms with van der Waals surface area (Å²) in [4.78, 5) is 26.6. The number of hydrogen-bond donors (Lipinski definition) is 1. The zero-order valence-corrected chi connectivity index (χ0v) is 15.9. The van der Waals surface area contributed by atoms with E-state index in [-0.39, 0.29) is 24.8 Å². The molecule has 1 atom stereocenters. The number of para-hydroxylation sites is 1. The highest BCUT2D eigenvalue weighted by Crippen LogP contribution is 2.37. The summed E-state index contributed by atoms with van der Waals surface area (Å²) in [5, 5.41) is 3.81. The van der Waals surface area contributed by atoms with Gasteiger partial charge in [-0.15, -0.1) is 0 Å². The van der Waals surface area contributed by atoms with Crippen molar-refractivity contribution in [3.63, 3.8) is 0 Å². The van der Waals surface area contributed by atoms with E-state index >= 15 is 0 Å². The Kier molecular flexibility index (Phi) is 5.39. The summed E-state index contributed by atoms with van der Waals surface area (Å²) in [6, 6.07) is 10.5. The average Bonchev–Trinajstić information content (AvgIpc) is 3.00. The highest BCUT2D eigenvalue weighted by Gasteiger charge is 2.36. The second kappa shape index (κ2) is 7.56. The van der Waals surface area contributed by atoms with Crippen LogP contribution in [0, 0.1) is 12.8 Å². The molecule has 26 heavy (non-hydrogen) atoms. The van der Waals surface area contributed by atoms with E-state index in [2.05, 4.69) is 5.32 Å². The lowest BCUT2D eigenvalue weighted by atomic mass is 10.1. The number of benzene rings is 2. The van der Waals surface area contributed by atoms with Crippen LogP contribution in [0.3, 0.4) is 0 Å². The summed E-state index contributed by atoms with van der Waals surface area (Å²) in [5.41, 5.74) is 1.98. The number of halogens is 2. The Morgan fingerprint density at radius 3 is 2.65 bits per heavy atom. The smallest absolute Gasteiger partial charge is 0.229 e. The fourth-order valence-electron chi connectivity index (χ4n) is 2.94. The summed E-state index contributed by atoms with van der Waals surface area (Å²) in [6.07, 6.45) is 0.126. The molecule has 1 unspecified atom stereocenters. The minimum atomic E-state index is -0.473. The number of aryl methyl sites for hydroxylation is 1. The van der Waals surface area contributed by atoms with E-state index in [0.717, 1.165) is 5.56 Å². The Bertz CT molecular complexity index is 870. The lowest BCUT2D eigenvalue weighted by molar-refractivity contribution is -0.122. The number of rotatable bonds is 4. The molecule has 7 heteroatoms. The minimum Gasteiger partial charge on any atom is -0.495 e. The Morgan fingerprint density at radius 1 is 1.23 bits per heavy atom. The monoisotopic (exact) mass is 392 g/mol. The van der Waals surface area contributed by atoms with Gasteiger partial charge in [0, 0.05) is 24.1 Å². The summed E-state index contributed by atoms with van der Waals surface area (Å²) in [6.45, 7) is 2.12. The van der Waals surface area contributed by atoms with Crippen LogP contribution in [-0.2, 0) is 9.59 Å². The Morgan fingerprint density at radius 2 is 1.96 bits per heavy atom. The fraction of sp³-hybridized carbons (Fsp3) is 0.263. The lowest BCUT2D eigenvalue weighted by Gasteiger charge is -2.20. The maximum absolute atomic E-state index is 12.6. The van der Waals surface area contributed by atoms with Gasteiger partial charge in [0.05, 0.1) is 29.4 Å². The van der Waals surface area contributed by atoms with E-state index in [1.807, 2.05) is 6.92 Å². The van der Waals surface area contributed by atoms with Gasteiger partial charge < -0.3 is 15.0 Å². The van der Waals surface area contributed by atoms with Gasteiger partial charge in [-0.05, 0) is 30.7 Å². The SMILES string of the molecule is COc1cc(Cl)c(C)cc1N1CC(C(=O)Nc2ccccc2Cl)CC1=O. The van der Waals surface area contributed by atoms with Crippen LogP contribution < -0.4 is 15.0 Å². The number of ether oxygens (including phenoxy) is 1. The third kappa shape index (κ3) is 3.64. The molecule has 5 nitrogen and oxygen atoms in total. The summed E-state index contributed by atoms with van der Waals surface area (Å²) >= 11 is 12.2. The Hall–Kier alpha value is -2.24. The topological polar surface area (TPSA) is 58.6 Å². The van der Waals surface area contributed by atoms with Crippen LogP contribution in [0.25, 0.3) is 0 Å². The number of anilines is 2. The number of amides is 2. The molecule has 0 spiro atoms. The standard InChI is InChI=1S/C19H18Cl2N2O3/c1-11-7-16(17(26-2)9-14(11)21)23-10-12(8-18(23)24)19(25)22-15-6-4-3-5-13(15)20/h3-7,9,12H,8,10H2,1-2H3,(H,22,25). The number of nitrogens with one attached hydrogen (secondary N) is 1. The van der Waals surface area contributed by atoms with Crippen LogP contribution in [0.1, 0.15) is 12.0 Å². The molecular weight excluding hydrogens is 375 g/mol. The average molecular weight is 393 g/mol. The van der Waals surface area contributed by atoms with Crippen LogP contribution in [0.2, 0.25) is 10.0 Å². The molecule has 1 heterocycles. The normalized spacial score (nSPS) is 16.7. The number of carbonyl (C=O) groups is 2. The predicted octanol–water partition coefficient (Wildman–Crippen LogP) is 4.30. The van der Waals surface area contributed by atoms with Crippen molar-refractivity contribution in [3.05, 3.63) is 52.0 Å². The molecule has 0 aliphatic carbocycles. The number of hydrogen-bond acceptors (Lipinski definition) is 3. The van der Waals surface area contributed by atoms with Crippen LogP contribution in [0.4, 0.5) is 11.4 Å². The van der Waals surface area contributed by atoms with E-state index in [4.69, 9.17) is 27.9 Å². The Labute approximate surface area is 161 Å². The molecule has 1 fully saturated rings. The van der Waals surface area contributed by atoms with E-state index in [9.17, 15) is 9.59 Å². The quantitative estimate of drug-likeness (QED) is 0.843. The zero-order valence-electron chi connectivity index (χ0n) is 14.4. The first-order valence-corrected chi connectivity index (χ1v) is 8.86. The molecule has 3 rings (SSSR count). The Balaban J connectivity index is 1.80. The lowest BCUT2D eigenvalue weighted by Crippen LogP contribution is -2.28. The van der Waals surface area contributed by atoms with Crippen molar-refractivity contribution < 1.29 is 14.3 Å². The predicted molar refractivity (Wildman–Crippen MR) is 103 cm³/mol. The molecule has 136 valence electrons. The van der Waals surface area contributed by atoms with Crippen molar-refractivity contribution in [2.75, 3.05) is 23.9 Å². The number of nitrogens with zero attached hydrogens (tertiary/aromatic N) is 1. The molecule has 0 aromatic heterocycles. The second-order valence-electron chi connectivity index (χ2n) is 6.15. The van der Waals surface area contributed by atoms with Crippen LogP contribution >= 0.6 is 23.2 Å². The molecule has 1 aliphatic rings. The first kappa shape index (κ1) is 18.5. The minimum absolute atomic E-state index is 0.126. The maximum Gasteiger partial charge on any atom is 0.229 e. The van der Waals surface area contributed by atoms with Crippen molar-refractivity contribution in [1.29, 1.82) is 0 Å². The van der Waals surface area contributed by atoms with Crippen molar-refractivity contribution in [3.8, 4) is 5.75 Å². The van der Waals surface area contributed by atoms with Gasteiger partial charge in [0.1, 0.15) is 5.75 Å². The summed E-state index contributed by atoms with van der Waals surface area (Å²) in [5.74, 6) is -0.344. The van der Waals surface area contributed by atoms with Crippen LogP contribution in [-0.4, -0.2) is 25.5 Å². The summed E-state index contributed by atoms with van der Waals surface area (Å²) in [7, 11) is 1.52. The molecule has 1 aliphatic heterocycles. The largest absolute Gasteiger partial charge is 0.495 e. The van der Waals surface area contributed by atoms with Gasteiger partial charge in [-0.25, -0.2) is 0 Å². The van der Waals surface area contributed by atoms with Gasteiger partial charge in [-0.2, -0.15) is 0 Å². The van der Waals surface area contributed by atoms with E-state index in [0.29, 0.717) is 27.2 Å². The molecular formula is C19H18Cl2N2O3. The van der Waals surface area contributed by atoms with Gasteiger partial charge in [-0.1, -0.05) is 35.3 Å². The first-order chi connectivity index (χ1) is 12.4. The zero-order chi connectivity index (χ0) is 18.8. The fourth-order valence-corrected chi connectivity index (χ4v) is 3.27.